The maximum atomic E-state index is 13.3. The van der Waals surface area contributed by atoms with Gasteiger partial charge in [0.25, 0.3) is 5.79 Å². The fourth-order valence-electron chi connectivity index (χ4n) is 4.89. The van der Waals surface area contributed by atoms with Gasteiger partial charge in [0.1, 0.15) is 28.8 Å². The van der Waals surface area contributed by atoms with Gasteiger partial charge in [-0.3, -0.25) is 4.79 Å². The molecule has 0 spiro atoms. The number of nitrogens with zero attached hydrogens (tertiary/aromatic N) is 2. The van der Waals surface area contributed by atoms with Crippen LogP contribution in [0.3, 0.4) is 0 Å². The molecule has 0 saturated heterocycles. The number of carbonyl (C=O) groups is 2. The summed E-state index contributed by atoms with van der Waals surface area (Å²) in [6, 6.07) is 24.7. The van der Waals surface area contributed by atoms with E-state index in [4.69, 9.17) is 23.7 Å². The van der Waals surface area contributed by atoms with Crippen LogP contribution in [0.1, 0.15) is 27.0 Å². The Labute approximate surface area is 263 Å². The fraction of sp³-hybridized carbons (Fsp3) is 0.176. The van der Waals surface area contributed by atoms with Crippen molar-refractivity contribution in [3.8, 4) is 23.0 Å². The Morgan fingerprint density at radius 2 is 1.42 bits per heavy atom. The molecule has 0 radical (unpaired) electrons. The molecule has 11 heteroatoms. The lowest BCUT2D eigenvalue weighted by atomic mass is 9.88. The highest BCUT2D eigenvalue weighted by Gasteiger charge is 2.48. The summed E-state index contributed by atoms with van der Waals surface area (Å²) < 4.78 is 35.1. The molecule has 1 aliphatic heterocycles. The van der Waals surface area contributed by atoms with Gasteiger partial charge in [0.15, 0.2) is 11.5 Å². The Morgan fingerprint density at radius 1 is 0.778 bits per heavy atom. The summed E-state index contributed by atoms with van der Waals surface area (Å²) >= 11 is 1.10. The zero-order valence-electron chi connectivity index (χ0n) is 25.0. The fourth-order valence-corrected chi connectivity index (χ4v) is 5.40. The summed E-state index contributed by atoms with van der Waals surface area (Å²) in [5.74, 6) is -0.271. The van der Waals surface area contributed by atoms with Crippen LogP contribution < -0.4 is 18.9 Å². The molecular weight excluding hydrogens is 596 g/mol. The minimum Gasteiger partial charge on any atom is -0.497 e. The summed E-state index contributed by atoms with van der Waals surface area (Å²) in [6.45, 7) is 0. The summed E-state index contributed by atoms with van der Waals surface area (Å²) in [5.41, 5.74) is 4.56. The number of methoxy groups -OCH3 is 4. The predicted octanol–water partition coefficient (Wildman–Crippen LogP) is 5.62. The number of hydrogen-bond donors (Lipinski definition) is 1. The van der Waals surface area contributed by atoms with E-state index in [0.29, 0.717) is 45.0 Å². The zero-order chi connectivity index (χ0) is 32.0. The highest BCUT2D eigenvalue weighted by Crippen LogP contribution is 2.46. The lowest BCUT2D eigenvalue weighted by molar-refractivity contribution is -0.185. The van der Waals surface area contributed by atoms with Gasteiger partial charge in [0, 0.05) is 23.1 Å². The number of aldehydes is 1. The van der Waals surface area contributed by atoms with E-state index in [0.717, 1.165) is 34.8 Å². The molecule has 0 aliphatic carbocycles. The third kappa shape index (κ3) is 6.49. The van der Waals surface area contributed by atoms with Crippen molar-refractivity contribution in [1.82, 2.24) is 8.75 Å². The number of carbonyl (C=O) groups excluding carboxylic acids is 2. The van der Waals surface area contributed by atoms with Crippen LogP contribution in [0.15, 0.2) is 90.5 Å². The van der Waals surface area contributed by atoms with Gasteiger partial charge in [0.05, 0.1) is 45.7 Å². The van der Waals surface area contributed by atoms with Crippen LogP contribution in [0, 0.1) is 0 Å². The number of aliphatic hydroxyl groups is 1. The molecule has 5 aromatic rings. The highest BCUT2D eigenvalue weighted by molar-refractivity contribution is 7.00. The van der Waals surface area contributed by atoms with Crippen molar-refractivity contribution in [2.45, 2.75) is 12.2 Å². The third-order valence-electron chi connectivity index (χ3n) is 7.26. The molecule has 1 unspecified atom stereocenters. The van der Waals surface area contributed by atoms with Crippen molar-refractivity contribution in [2.75, 3.05) is 28.4 Å². The molecule has 45 heavy (non-hydrogen) atoms. The molecule has 1 atom stereocenters. The van der Waals surface area contributed by atoms with E-state index in [9.17, 15) is 14.7 Å². The second kappa shape index (κ2) is 13.6. The highest BCUT2D eigenvalue weighted by atomic mass is 32.1. The molecule has 0 amide bonds. The molecule has 230 valence electrons. The van der Waals surface area contributed by atoms with E-state index in [1.54, 1.807) is 74.9 Å². The van der Waals surface area contributed by atoms with Crippen LogP contribution in [0.2, 0.25) is 0 Å². The Kier molecular flexibility index (Phi) is 9.41. The number of ether oxygens (including phenoxy) is 5. The van der Waals surface area contributed by atoms with Crippen molar-refractivity contribution >= 4 is 40.6 Å². The number of aromatic nitrogens is 2. The van der Waals surface area contributed by atoms with Crippen molar-refractivity contribution in [3.05, 3.63) is 113 Å². The van der Waals surface area contributed by atoms with Crippen molar-refractivity contribution in [1.29, 1.82) is 0 Å². The summed E-state index contributed by atoms with van der Waals surface area (Å²) in [4.78, 5) is 23.4. The first-order chi connectivity index (χ1) is 21.8. The van der Waals surface area contributed by atoms with Crippen molar-refractivity contribution < 1.29 is 38.4 Å². The molecular formula is C34H30N2O8S. The first-order valence-electron chi connectivity index (χ1n) is 13.7. The zero-order valence-corrected chi connectivity index (χ0v) is 25.8. The molecule has 10 nitrogen and oxygen atoms in total. The number of hydrogen-bond acceptors (Lipinski definition) is 11. The SMILES string of the molecule is COc1ccc(C=O)cc1.COc1ccc(CC2=C(c3ccc4nsnc4c3)C(=O)OC2(O)c2ccc(OC)c(OC)c2)cc1. The summed E-state index contributed by atoms with van der Waals surface area (Å²) in [6.07, 6.45) is 1.06. The van der Waals surface area contributed by atoms with E-state index < -0.39 is 11.8 Å². The maximum absolute atomic E-state index is 13.3. The smallest absolute Gasteiger partial charge is 0.342 e. The first kappa shape index (κ1) is 31.2. The monoisotopic (exact) mass is 626 g/mol. The number of fused-ring (bicyclic) bond motifs is 1. The van der Waals surface area contributed by atoms with E-state index in [2.05, 4.69) is 8.75 Å². The van der Waals surface area contributed by atoms with E-state index in [1.807, 2.05) is 24.3 Å². The summed E-state index contributed by atoms with van der Waals surface area (Å²) in [7, 11) is 6.22. The van der Waals surface area contributed by atoms with E-state index in [-0.39, 0.29) is 12.0 Å². The Balaban J connectivity index is 0.000000342. The molecule has 0 fully saturated rings. The second-order valence-corrected chi connectivity index (χ2v) is 10.4. The Bertz CT molecular complexity index is 1850. The van der Waals surface area contributed by atoms with Crippen LogP contribution in [0.4, 0.5) is 0 Å². The van der Waals surface area contributed by atoms with Gasteiger partial charge >= 0.3 is 5.97 Å². The molecule has 1 N–H and O–H groups in total. The second-order valence-electron chi connectivity index (χ2n) is 9.84. The van der Waals surface area contributed by atoms with Gasteiger partial charge in [-0.1, -0.05) is 18.2 Å². The summed E-state index contributed by atoms with van der Waals surface area (Å²) in [5, 5.41) is 11.9. The quantitative estimate of drug-likeness (QED) is 0.163. The maximum Gasteiger partial charge on any atom is 0.342 e. The topological polar surface area (TPSA) is 126 Å². The van der Waals surface area contributed by atoms with Crippen LogP contribution >= 0.6 is 11.7 Å². The minimum absolute atomic E-state index is 0.253. The third-order valence-corrected chi connectivity index (χ3v) is 7.82. The number of cyclic esters (lactones) is 1. The van der Waals surface area contributed by atoms with E-state index in [1.165, 1.54) is 14.2 Å². The van der Waals surface area contributed by atoms with Gasteiger partial charge in [-0.05, 0) is 77.9 Å². The Morgan fingerprint density at radius 3 is 2.04 bits per heavy atom. The van der Waals surface area contributed by atoms with Crippen LogP contribution in [-0.4, -0.2) is 54.5 Å². The average molecular weight is 627 g/mol. The van der Waals surface area contributed by atoms with Crippen LogP contribution in [0.25, 0.3) is 16.6 Å². The minimum atomic E-state index is -2.01. The van der Waals surface area contributed by atoms with Gasteiger partial charge in [-0.2, -0.15) is 8.75 Å². The van der Waals surface area contributed by atoms with Gasteiger partial charge < -0.3 is 28.8 Å². The number of rotatable bonds is 9. The lowest BCUT2D eigenvalue weighted by Crippen LogP contribution is -2.29. The normalized spacial score (nSPS) is 15.6. The van der Waals surface area contributed by atoms with Gasteiger partial charge in [-0.25, -0.2) is 4.79 Å². The molecule has 0 saturated carbocycles. The molecule has 1 aliphatic rings. The number of benzene rings is 4. The van der Waals surface area contributed by atoms with Crippen LogP contribution in [-0.2, 0) is 21.7 Å². The lowest BCUT2D eigenvalue weighted by Gasteiger charge is -2.26. The standard InChI is InChI=1S/C26H22N2O6S.C8H8O2/c1-31-18-8-4-15(5-9-18)12-19-24(16-6-10-20-21(13-16)28-35-27-20)25(29)34-26(19,30)17-7-11-22(32-2)23(14-17)33-3;1-10-8-4-2-7(6-9)3-5-8/h4-11,13-14,30H,12H2,1-3H3;2-6H,1H3. The average Bonchev–Trinajstić information content (AvgIpc) is 3.66. The van der Waals surface area contributed by atoms with Crippen LogP contribution in [0.5, 0.6) is 23.0 Å². The molecule has 2 heterocycles. The molecule has 6 rings (SSSR count). The number of esters is 1. The van der Waals surface area contributed by atoms with E-state index >= 15 is 0 Å². The van der Waals surface area contributed by atoms with Gasteiger partial charge in [0.2, 0.25) is 0 Å². The van der Waals surface area contributed by atoms with Crippen molar-refractivity contribution in [2.24, 2.45) is 0 Å². The predicted molar refractivity (Wildman–Crippen MR) is 169 cm³/mol. The first-order valence-corrected chi connectivity index (χ1v) is 14.4. The molecule has 0 bridgehead atoms. The van der Waals surface area contributed by atoms with Gasteiger partial charge in [-0.15, -0.1) is 0 Å². The molecule has 1 aromatic heterocycles. The van der Waals surface area contributed by atoms with Crippen molar-refractivity contribution in [3.63, 3.8) is 0 Å². The Hall–Kier alpha value is -5.26. The molecule has 4 aromatic carbocycles. The largest absolute Gasteiger partial charge is 0.497 e.